The SMILES string of the molecule is N#Cc1ccc2cc(S(=O)(=O)N3CCN=C3N3C=CN(C4CCC4)CC3)ccc2c1. The van der Waals surface area contributed by atoms with Gasteiger partial charge in [0.25, 0.3) is 10.0 Å². The molecular formula is C22H23N5O2S. The fraction of sp³-hybridized carbons (Fsp3) is 0.364. The summed E-state index contributed by atoms with van der Waals surface area (Å²) in [6.07, 6.45) is 7.80. The van der Waals surface area contributed by atoms with Crippen molar-refractivity contribution in [2.75, 3.05) is 26.2 Å². The first-order valence-electron chi connectivity index (χ1n) is 10.3. The van der Waals surface area contributed by atoms with E-state index in [1.165, 1.54) is 23.6 Å². The molecule has 0 saturated heterocycles. The number of hydrogen-bond acceptors (Lipinski definition) is 6. The molecule has 0 spiro atoms. The van der Waals surface area contributed by atoms with Crippen molar-refractivity contribution in [2.24, 2.45) is 4.99 Å². The van der Waals surface area contributed by atoms with Crippen molar-refractivity contribution in [2.45, 2.75) is 30.2 Å². The lowest BCUT2D eigenvalue weighted by Crippen LogP contribution is -2.49. The van der Waals surface area contributed by atoms with Crippen LogP contribution < -0.4 is 0 Å². The number of nitriles is 1. The molecule has 0 amide bonds. The largest absolute Gasteiger partial charge is 0.371 e. The molecule has 0 atom stereocenters. The standard InChI is InChI=1S/C22H23N5O2S/c23-16-17-4-5-19-15-21(7-6-18(19)14-17)30(28,29)27-9-8-24-22(27)26-12-10-25(11-13-26)20-2-1-3-20/h4-7,10,12,14-15,20H,1-3,8-9,11,13H2. The van der Waals surface area contributed by atoms with Crippen LogP contribution in [0, 0.1) is 11.3 Å². The third kappa shape index (κ3) is 3.19. The normalized spacial score (nSPS) is 19.7. The van der Waals surface area contributed by atoms with Crippen molar-refractivity contribution in [3.63, 3.8) is 0 Å². The number of fused-ring (bicyclic) bond motifs is 1. The molecule has 1 fully saturated rings. The van der Waals surface area contributed by atoms with Crippen LogP contribution in [0.1, 0.15) is 24.8 Å². The molecule has 3 aliphatic rings. The lowest BCUT2D eigenvalue weighted by Gasteiger charge is -2.41. The molecule has 0 radical (unpaired) electrons. The highest BCUT2D eigenvalue weighted by molar-refractivity contribution is 7.89. The molecule has 2 aromatic carbocycles. The first-order valence-corrected chi connectivity index (χ1v) is 11.7. The number of hydrogen-bond donors (Lipinski definition) is 0. The molecule has 8 heteroatoms. The quantitative estimate of drug-likeness (QED) is 0.761. The second kappa shape index (κ2) is 7.33. The predicted octanol–water partition coefficient (Wildman–Crippen LogP) is 2.71. The Morgan fingerprint density at radius 2 is 1.80 bits per heavy atom. The minimum Gasteiger partial charge on any atom is -0.371 e. The highest BCUT2D eigenvalue weighted by Gasteiger charge is 2.35. The van der Waals surface area contributed by atoms with Gasteiger partial charge in [-0.25, -0.2) is 17.7 Å². The maximum Gasteiger partial charge on any atom is 0.266 e. The summed E-state index contributed by atoms with van der Waals surface area (Å²) in [5, 5.41) is 10.7. The van der Waals surface area contributed by atoms with Gasteiger partial charge in [-0.1, -0.05) is 12.1 Å². The Labute approximate surface area is 176 Å². The van der Waals surface area contributed by atoms with E-state index in [9.17, 15) is 8.42 Å². The minimum absolute atomic E-state index is 0.242. The van der Waals surface area contributed by atoms with E-state index in [2.05, 4.69) is 22.2 Å². The molecule has 30 heavy (non-hydrogen) atoms. The lowest BCUT2D eigenvalue weighted by molar-refractivity contribution is 0.164. The molecule has 2 heterocycles. The van der Waals surface area contributed by atoms with Gasteiger partial charge in [0.15, 0.2) is 0 Å². The van der Waals surface area contributed by atoms with E-state index in [0.717, 1.165) is 23.9 Å². The minimum atomic E-state index is -3.72. The van der Waals surface area contributed by atoms with Crippen molar-refractivity contribution >= 4 is 26.8 Å². The average molecular weight is 422 g/mol. The Bertz CT molecular complexity index is 1190. The van der Waals surface area contributed by atoms with Gasteiger partial charge in [-0.3, -0.25) is 0 Å². The Balaban J connectivity index is 1.40. The molecule has 154 valence electrons. The number of aliphatic imine (C=N–C) groups is 1. The van der Waals surface area contributed by atoms with Crippen molar-refractivity contribution in [3.8, 4) is 6.07 Å². The highest BCUT2D eigenvalue weighted by atomic mass is 32.2. The molecule has 2 aliphatic heterocycles. The molecule has 7 nitrogen and oxygen atoms in total. The van der Waals surface area contributed by atoms with Gasteiger partial charge in [0, 0.05) is 31.5 Å². The van der Waals surface area contributed by atoms with Gasteiger partial charge in [-0.15, -0.1) is 0 Å². The van der Waals surface area contributed by atoms with E-state index >= 15 is 0 Å². The summed E-state index contributed by atoms with van der Waals surface area (Å²) < 4.78 is 28.2. The monoisotopic (exact) mass is 421 g/mol. The van der Waals surface area contributed by atoms with Crippen molar-refractivity contribution < 1.29 is 8.42 Å². The second-order valence-electron chi connectivity index (χ2n) is 7.91. The first-order chi connectivity index (χ1) is 14.6. The summed E-state index contributed by atoms with van der Waals surface area (Å²) in [6, 6.07) is 13.0. The van der Waals surface area contributed by atoms with Crippen LogP contribution in [0.2, 0.25) is 0 Å². The van der Waals surface area contributed by atoms with Crippen LogP contribution in [0.25, 0.3) is 10.8 Å². The Hall–Kier alpha value is -3.05. The summed E-state index contributed by atoms with van der Waals surface area (Å²) in [4.78, 5) is 9.05. The average Bonchev–Trinajstić information content (AvgIpc) is 3.23. The number of guanidine groups is 1. The van der Waals surface area contributed by atoms with Crippen LogP contribution in [0.4, 0.5) is 0 Å². The van der Waals surface area contributed by atoms with E-state index in [-0.39, 0.29) is 4.90 Å². The van der Waals surface area contributed by atoms with Gasteiger partial charge < -0.3 is 9.80 Å². The Morgan fingerprint density at radius 1 is 1.00 bits per heavy atom. The predicted molar refractivity (Wildman–Crippen MR) is 115 cm³/mol. The van der Waals surface area contributed by atoms with Crippen molar-refractivity contribution in [1.82, 2.24) is 14.1 Å². The van der Waals surface area contributed by atoms with Gasteiger partial charge in [0.2, 0.25) is 5.96 Å². The van der Waals surface area contributed by atoms with Gasteiger partial charge in [0.05, 0.1) is 29.6 Å². The molecule has 0 N–H and O–H groups in total. The molecular weight excluding hydrogens is 398 g/mol. The van der Waals surface area contributed by atoms with Gasteiger partial charge in [-0.2, -0.15) is 5.26 Å². The zero-order chi connectivity index (χ0) is 20.7. The van der Waals surface area contributed by atoms with Gasteiger partial charge >= 0.3 is 0 Å². The summed E-state index contributed by atoms with van der Waals surface area (Å²) in [5.41, 5.74) is 0.555. The van der Waals surface area contributed by atoms with Crippen LogP contribution in [-0.4, -0.2) is 60.7 Å². The summed E-state index contributed by atoms with van der Waals surface area (Å²) in [5.74, 6) is 0.499. The topological polar surface area (TPSA) is 80.0 Å². The number of rotatable bonds is 3. The molecule has 1 saturated carbocycles. The number of nitrogens with zero attached hydrogens (tertiary/aromatic N) is 5. The maximum absolute atomic E-state index is 13.4. The fourth-order valence-corrected chi connectivity index (χ4v) is 5.66. The van der Waals surface area contributed by atoms with Crippen molar-refractivity contribution in [3.05, 3.63) is 54.4 Å². The Morgan fingerprint density at radius 3 is 2.50 bits per heavy atom. The zero-order valence-electron chi connectivity index (χ0n) is 16.6. The maximum atomic E-state index is 13.4. The smallest absolute Gasteiger partial charge is 0.266 e. The molecule has 0 unspecified atom stereocenters. The number of benzene rings is 2. The van der Waals surface area contributed by atoms with E-state index in [0.29, 0.717) is 30.7 Å². The van der Waals surface area contributed by atoms with Crippen LogP contribution in [0.15, 0.2) is 58.7 Å². The van der Waals surface area contributed by atoms with Gasteiger partial charge in [0.1, 0.15) is 0 Å². The third-order valence-electron chi connectivity index (χ3n) is 6.15. The van der Waals surface area contributed by atoms with Crippen LogP contribution in [0.5, 0.6) is 0 Å². The second-order valence-corrected chi connectivity index (χ2v) is 9.77. The molecule has 1 aliphatic carbocycles. The van der Waals surface area contributed by atoms with E-state index in [1.54, 1.807) is 36.4 Å². The third-order valence-corrected chi connectivity index (χ3v) is 7.92. The fourth-order valence-electron chi connectivity index (χ4n) is 4.19. The summed E-state index contributed by atoms with van der Waals surface area (Å²) in [7, 11) is -3.72. The van der Waals surface area contributed by atoms with Crippen LogP contribution in [-0.2, 0) is 10.0 Å². The lowest BCUT2D eigenvalue weighted by atomic mass is 9.91. The summed E-state index contributed by atoms with van der Waals surface area (Å²) >= 11 is 0. The first kappa shape index (κ1) is 18.9. The van der Waals surface area contributed by atoms with Crippen LogP contribution >= 0.6 is 0 Å². The highest BCUT2D eigenvalue weighted by Crippen LogP contribution is 2.28. The zero-order valence-corrected chi connectivity index (χ0v) is 17.4. The molecule has 0 bridgehead atoms. The number of sulfonamides is 1. The van der Waals surface area contributed by atoms with Crippen molar-refractivity contribution in [1.29, 1.82) is 5.26 Å². The molecule has 0 aromatic heterocycles. The van der Waals surface area contributed by atoms with Gasteiger partial charge in [-0.05, 0) is 54.3 Å². The van der Waals surface area contributed by atoms with E-state index in [4.69, 9.17) is 5.26 Å². The van der Waals surface area contributed by atoms with Crippen LogP contribution in [0.3, 0.4) is 0 Å². The van der Waals surface area contributed by atoms with E-state index in [1.807, 2.05) is 11.1 Å². The summed E-state index contributed by atoms with van der Waals surface area (Å²) in [6.45, 7) is 2.42. The molecule has 5 rings (SSSR count). The van der Waals surface area contributed by atoms with E-state index < -0.39 is 10.0 Å². The molecule has 2 aromatic rings. The Kier molecular flexibility index (Phi) is 4.63.